The van der Waals surface area contributed by atoms with Crippen LogP contribution < -0.4 is 0 Å². The van der Waals surface area contributed by atoms with Crippen molar-refractivity contribution in [2.45, 2.75) is 10.6 Å². The molecular weight excluding hydrogens is 301 g/mol. The molecule has 1 saturated heterocycles. The van der Waals surface area contributed by atoms with E-state index in [0.717, 1.165) is 0 Å². The summed E-state index contributed by atoms with van der Waals surface area (Å²) in [6.45, 7) is 0. The molecule has 0 aromatic heterocycles. The molecule has 0 aromatic rings. The molecule has 0 spiro atoms. The Kier molecular flexibility index (Phi) is 4.48. The van der Waals surface area contributed by atoms with Crippen molar-refractivity contribution in [3.8, 4) is 0 Å². The van der Waals surface area contributed by atoms with Crippen molar-refractivity contribution >= 4 is 53.1 Å². The molecule has 1 aliphatic heterocycles. The topological polar surface area (TPSA) is 0 Å². The molecule has 0 bridgehead atoms. The normalized spacial score (nSPS) is 27.8. The quantitative estimate of drug-likeness (QED) is 0.603. The van der Waals surface area contributed by atoms with Gasteiger partial charge >= 0.3 is 83.8 Å². The van der Waals surface area contributed by atoms with Crippen LogP contribution >= 0.6 is 23.2 Å². The number of hydrogen-bond acceptors (Lipinski definition) is 0. The fraction of sp³-hybridized carbons (Fsp3) is 0.333. The van der Waals surface area contributed by atoms with E-state index in [9.17, 15) is 0 Å². The van der Waals surface area contributed by atoms with Crippen molar-refractivity contribution in [3.63, 3.8) is 0 Å². The molecule has 1 fully saturated rings. The van der Waals surface area contributed by atoms with Crippen molar-refractivity contribution < 1.29 is 0 Å². The van der Waals surface area contributed by atoms with Crippen molar-refractivity contribution in [1.29, 1.82) is 0 Å². The Hall–Kier alpha value is 1.10. The predicted octanol–water partition coefficient (Wildman–Crippen LogP) is 2.41. The third kappa shape index (κ3) is 2.62. The molecule has 56 valence electrons. The van der Waals surface area contributed by atoms with Crippen LogP contribution in [0.5, 0.6) is 0 Å². The second kappa shape index (κ2) is 4.87. The molecule has 0 atom stereocenters. The maximum absolute atomic E-state index is 5.60. The van der Waals surface area contributed by atoms with Gasteiger partial charge in [-0.2, -0.15) is 0 Å². The summed E-state index contributed by atoms with van der Waals surface area (Å²) >= 11 is 12.4. The molecule has 0 nitrogen and oxygen atoms in total. The number of rotatable bonds is 0. The SMILES string of the molecule is Cl/C=C1\C[Se]C/C(=C\Cl)[Se]1. The van der Waals surface area contributed by atoms with E-state index in [-0.39, 0.29) is 0 Å². The molecule has 1 rings (SSSR count). The third-order valence-corrected chi connectivity index (χ3v) is 8.32. The molecule has 10 heavy (non-hydrogen) atoms. The first kappa shape index (κ1) is 9.19. The Bertz CT molecular complexity index is 157. The molecule has 4 heteroatoms. The first-order valence-electron chi connectivity index (χ1n) is 2.71. The van der Waals surface area contributed by atoms with Crippen molar-refractivity contribution in [2.75, 3.05) is 0 Å². The van der Waals surface area contributed by atoms with Crippen molar-refractivity contribution in [1.82, 2.24) is 0 Å². The Balaban J connectivity index is 2.56. The Morgan fingerprint density at radius 1 is 1.10 bits per heavy atom. The van der Waals surface area contributed by atoms with Crippen LogP contribution in [-0.2, 0) is 0 Å². The third-order valence-electron chi connectivity index (χ3n) is 0.994. The average Bonchev–Trinajstić information content (AvgIpc) is 2.05. The van der Waals surface area contributed by atoms with Crippen LogP contribution in [0.15, 0.2) is 20.0 Å². The maximum atomic E-state index is 5.60. The Morgan fingerprint density at radius 3 is 2.00 bits per heavy atom. The van der Waals surface area contributed by atoms with Crippen molar-refractivity contribution in [2.24, 2.45) is 0 Å². The minimum absolute atomic E-state index is 0.462. The number of allylic oxidation sites excluding steroid dienone is 2. The number of hydrogen-bond donors (Lipinski definition) is 0. The Morgan fingerprint density at radius 2 is 1.60 bits per heavy atom. The van der Waals surface area contributed by atoms with Crippen LogP contribution in [0, 0.1) is 0 Å². The van der Waals surface area contributed by atoms with Gasteiger partial charge in [-0.25, -0.2) is 0 Å². The van der Waals surface area contributed by atoms with Gasteiger partial charge in [0.25, 0.3) is 0 Å². The fourth-order valence-electron chi connectivity index (χ4n) is 0.587. The predicted molar refractivity (Wildman–Crippen MR) is 49.0 cm³/mol. The van der Waals surface area contributed by atoms with Gasteiger partial charge in [0.2, 0.25) is 0 Å². The van der Waals surface area contributed by atoms with Gasteiger partial charge in [0.15, 0.2) is 0 Å². The van der Waals surface area contributed by atoms with Crippen LogP contribution in [0.1, 0.15) is 0 Å². The molecule has 0 amide bonds. The average molecular weight is 307 g/mol. The van der Waals surface area contributed by atoms with E-state index in [1.165, 1.54) is 19.6 Å². The van der Waals surface area contributed by atoms with E-state index in [1.807, 2.05) is 0 Å². The molecular formula is C6H6Cl2Se2. The Labute approximate surface area is 83.3 Å². The van der Waals surface area contributed by atoms with Gasteiger partial charge in [0, 0.05) is 0 Å². The molecule has 0 radical (unpaired) electrons. The van der Waals surface area contributed by atoms with Crippen LogP contribution in [-0.4, -0.2) is 29.9 Å². The van der Waals surface area contributed by atoms with Crippen LogP contribution in [0.2, 0.25) is 10.6 Å². The zero-order chi connectivity index (χ0) is 7.40. The number of halogens is 2. The van der Waals surface area contributed by atoms with Gasteiger partial charge in [-0.1, -0.05) is 0 Å². The molecule has 0 aliphatic carbocycles. The minimum atomic E-state index is 0.462. The zero-order valence-corrected chi connectivity index (χ0v) is 10.1. The van der Waals surface area contributed by atoms with E-state index >= 15 is 0 Å². The van der Waals surface area contributed by atoms with E-state index in [2.05, 4.69) is 0 Å². The van der Waals surface area contributed by atoms with Gasteiger partial charge in [-0.15, -0.1) is 0 Å². The van der Waals surface area contributed by atoms with E-state index in [4.69, 9.17) is 23.2 Å². The van der Waals surface area contributed by atoms with Gasteiger partial charge in [0.1, 0.15) is 0 Å². The fourth-order valence-corrected chi connectivity index (χ4v) is 7.27. The van der Waals surface area contributed by atoms with Crippen molar-refractivity contribution in [3.05, 3.63) is 20.0 Å². The first-order valence-corrected chi connectivity index (χ1v) is 7.72. The molecule has 0 unspecified atom stereocenters. The van der Waals surface area contributed by atoms with Crippen LogP contribution in [0.3, 0.4) is 0 Å². The second-order valence-corrected chi connectivity index (χ2v) is 6.88. The molecule has 0 N–H and O–H groups in total. The van der Waals surface area contributed by atoms with Crippen LogP contribution in [0.4, 0.5) is 0 Å². The van der Waals surface area contributed by atoms with Gasteiger partial charge in [-0.3, -0.25) is 0 Å². The van der Waals surface area contributed by atoms with Gasteiger partial charge < -0.3 is 0 Å². The standard InChI is InChI=1S/C6H6Cl2Se2/c7-1-5-3-9-4-6(2-8)10-5/h1-2H,3-4H2/b5-1+,6-2+. The summed E-state index contributed by atoms with van der Waals surface area (Å²) in [7, 11) is 0. The summed E-state index contributed by atoms with van der Waals surface area (Å²) in [5.41, 5.74) is 3.45. The molecule has 0 saturated carbocycles. The van der Waals surface area contributed by atoms with E-state index in [1.54, 1.807) is 11.1 Å². The van der Waals surface area contributed by atoms with Gasteiger partial charge in [0.05, 0.1) is 0 Å². The summed E-state index contributed by atoms with van der Waals surface area (Å²) in [5.74, 6) is 0. The first-order chi connectivity index (χ1) is 4.86. The summed E-state index contributed by atoms with van der Waals surface area (Å²) < 4.78 is 2.79. The van der Waals surface area contributed by atoms with Gasteiger partial charge in [-0.05, 0) is 0 Å². The summed E-state index contributed by atoms with van der Waals surface area (Å²) in [6.07, 6.45) is 0. The molecule has 1 heterocycles. The summed E-state index contributed by atoms with van der Waals surface area (Å²) in [5, 5.41) is 2.45. The van der Waals surface area contributed by atoms with E-state index in [0.29, 0.717) is 29.9 Å². The summed E-state index contributed by atoms with van der Waals surface area (Å²) in [4.78, 5) is 0. The monoisotopic (exact) mass is 308 g/mol. The summed E-state index contributed by atoms with van der Waals surface area (Å²) in [6, 6.07) is 0. The zero-order valence-electron chi connectivity index (χ0n) is 5.14. The molecule has 1 aliphatic rings. The second-order valence-electron chi connectivity index (χ2n) is 1.75. The van der Waals surface area contributed by atoms with Crippen LogP contribution in [0.25, 0.3) is 0 Å². The molecule has 0 aromatic carbocycles. The van der Waals surface area contributed by atoms with E-state index < -0.39 is 0 Å².